The second-order valence-corrected chi connectivity index (χ2v) is 9.74. The van der Waals surface area contributed by atoms with Crippen molar-refractivity contribution in [1.82, 2.24) is 14.9 Å². The van der Waals surface area contributed by atoms with Crippen LogP contribution >= 0.6 is 0 Å². The average Bonchev–Trinajstić information content (AvgIpc) is 3.52. The molecule has 0 aliphatic carbocycles. The first-order valence-electron chi connectivity index (χ1n) is 11.9. The Morgan fingerprint density at radius 2 is 1.45 bits per heavy atom. The lowest BCUT2D eigenvalue weighted by molar-refractivity contribution is -0.229. The molecule has 1 fully saturated rings. The van der Waals surface area contributed by atoms with Crippen molar-refractivity contribution in [2.45, 2.75) is 30.7 Å². The molecule has 2 aromatic heterocycles. The van der Waals surface area contributed by atoms with Gasteiger partial charge in [-0.15, -0.1) is 0 Å². The quantitative estimate of drug-likeness (QED) is 0.193. The molecule has 4 N–H and O–H groups in total. The van der Waals surface area contributed by atoms with E-state index < -0.39 is 72.5 Å². The van der Waals surface area contributed by atoms with Crippen molar-refractivity contribution >= 4 is 55.4 Å². The number of halogens is 6. The van der Waals surface area contributed by atoms with Gasteiger partial charge in [0.1, 0.15) is 25.0 Å². The molecule has 2 amide bonds. The predicted octanol–water partition coefficient (Wildman–Crippen LogP) is 3.80. The van der Waals surface area contributed by atoms with Gasteiger partial charge in [0.15, 0.2) is 35.7 Å². The van der Waals surface area contributed by atoms with Crippen LogP contribution in [0.15, 0.2) is 24.3 Å². The molecule has 5 atom stereocenters. The Hall–Kier alpha value is -4.14. The smallest absolute Gasteiger partial charge is 0.259 e. The van der Waals surface area contributed by atoms with Gasteiger partial charge in [0.25, 0.3) is 11.8 Å². The number of nitrogens with zero attached hydrogens (tertiary/aromatic N) is 1. The Balaban J connectivity index is 1.74. The molecular weight excluding hydrogens is 548 g/mol. The van der Waals surface area contributed by atoms with Crippen molar-refractivity contribution in [3.05, 3.63) is 58.7 Å². The lowest BCUT2D eigenvalue weighted by atomic mass is 9.96. The number of benzene rings is 3. The Morgan fingerprint density at radius 3 is 2.12 bits per heavy atom. The molecule has 5 aromatic rings. The van der Waals surface area contributed by atoms with Crippen LogP contribution in [0.5, 0.6) is 0 Å². The number of hydrogen-bond donors (Lipinski definition) is 4. The molecular formula is C26H15F6N3O5. The summed E-state index contributed by atoms with van der Waals surface area (Å²) in [5.41, 5.74) is -1.06. The fraction of sp³-hybridized carbons (Fsp3) is 0.231. The highest BCUT2D eigenvalue weighted by Gasteiger charge is 2.47. The molecule has 2 aliphatic rings. The first-order valence-corrected chi connectivity index (χ1v) is 11.9. The summed E-state index contributed by atoms with van der Waals surface area (Å²) in [6, 6.07) is 3.00. The summed E-state index contributed by atoms with van der Waals surface area (Å²) < 4.78 is 92.4. The number of aliphatic hydroxyl groups excluding tert-OH is 2. The number of ether oxygens (including phenoxy) is 1. The zero-order chi connectivity index (χ0) is 28.4. The third kappa shape index (κ3) is 3.03. The highest BCUT2D eigenvalue weighted by Crippen LogP contribution is 2.46. The van der Waals surface area contributed by atoms with Crippen molar-refractivity contribution in [3.63, 3.8) is 0 Å². The summed E-state index contributed by atoms with van der Waals surface area (Å²) in [6.07, 6.45) is -10.3. The minimum absolute atomic E-state index is 0.0262. The molecule has 3 aromatic carbocycles. The van der Waals surface area contributed by atoms with Gasteiger partial charge in [-0.1, -0.05) is 0 Å². The number of imide groups is 1. The third-order valence-electron chi connectivity index (χ3n) is 7.60. The van der Waals surface area contributed by atoms with Crippen LogP contribution in [0.2, 0.25) is 0 Å². The van der Waals surface area contributed by atoms with E-state index in [9.17, 15) is 46.1 Å². The molecule has 7 rings (SSSR count). The first-order chi connectivity index (χ1) is 19.0. The number of nitrogens with one attached hydrogen (secondary N) is 2. The van der Waals surface area contributed by atoms with Gasteiger partial charge in [0, 0.05) is 39.2 Å². The van der Waals surface area contributed by atoms with Crippen LogP contribution in [0.4, 0.5) is 26.3 Å². The normalized spacial score (nSPS) is 25.1. The number of fused-ring (bicyclic) bond motifs is 10. The highest BCUT2D eigenvalue weighted by molar-refractivity contribution is 6.39. The minimum Gasteiger partial charge on any atom is -0.387 e. The fourth-order valence-corrected chi connectivity index (χ4v) is 5.87. The number of alkyl halides is 2. The number of hydrogen-bond acceptors (Lipinski definition) is 5. The van der Waals surface area contributed by atoms with Crippen LogP contribution in [-0.4, -0.2) is 62.7 Å². The van der Waals surface area contributed by atoms with Gasteiger partial charge in [0.2, 0.25) is 0 Å². The van der Waals surface area contributed by atoms with Gasteiger partial charge in [-0.2, -0.15) is 0 Å². The van der Waals surface area contributed by atoms with E-state index in [0.29, 0.717) is 6.07 Å². The highest BCUT2D eigenvalue weighted by atomic mass is 19.2. The SMILES string of the molecule is O=C1NC(=O)c2c1c1c3cc(F)c(F)cc3[nH]c1c1c2c2cc(F)c(F)cc2n1C1OC(CF)C(F)C(O)C1O. The summed E-state index contributed by atoms with van der Waals surface area (Å²) >= 11 is 0. The lowest BCUT2D eigenvalue weighted by Gasteiger charge is -2.39. The molecule has 5 unspecified atom stereocenters. The summed E-state index contributed by atoms with van der Waals surface area (Å²) in [5.74, 6) is -7.08. The van der Waals surface area contributed by atoms with Crippen LogP contribution in [0.25, 0.3) is 43.6 Å². The van der Waals surface area contributed by atoms with Gasteiger partial charge in [-0.25, -0.2) is 26.3 Å². The predicted molar refractivity (Wildman–Crippen MR) is 127 cm³/mol. The zero-order valence-corrected chi connectivity index (χ0v) is 19.7. The number of aromatic nitrogens is 2. The Bertz CT molecular complexity index is 1970. The Morgan fingerprint density at radius 1 is 0.850 bits per heavy atom. The van der Waals surface area contributed by atoms with E-state index in [2.05, 4.69) is 10.3 Å². The topological polar surface area (TPSA) is 117 Å². The minimum atomic E-state index is -2.34. The number of aromatic amines is 1. The number of amides is 2. The number of carbonyl (C=O) groups is 2. The van der Waals surface area contributed by atoms with E-state index in [-0.39, 0.29) is 54.7 Å². The molecule has 1 saturated heterocycles. The van der Waals surface area contributed by atoms with Crippen LogP contribution in [0, 0.1) is 23.3 Å². The van der Waals surface area contributed by atoms with E-state index in [1.54, 1.807) is 0 Å². The van der Waals surface area contributed by atoms with E-state index in [1.165, 1.54) is 0 Å². The van der Waals surface area contributed by atoms with Crippen molar-refractivity contribution in [2.24, 2.45) is 0 Å². The van der Waals surface area contributed by atoms with E-state index in [1.807, 2.05) is 0 Å². The summed E-state index contributed by atoms with van der Waals surface area (Å²) in [7, 11) is 0. The number of rotatable bonds is 2. The molecule has 14 heteroatoms. The second kappa shape index (κ2) is 8.19. The second-order valence-electron chi connectivity index (χ2n) is 9.74. The maximum Gasteiger partial charge on any atom is 0.259 e. The molecule has 0 saturated carbocycles. The maximum absolute atomic E-state index is 14.6. The molecule has 206 valence electrons. The molecule has 0 radical (unpaired) electrons. The number of aliphatic hydroxyl groups is 2. The molecule has 0 bridgehead atoms. The fourth-order valence-electron chi connectivity index (χ4n) is 5.87. The van der Waals surface area contributed by atoms with E-state index >= 15 is 0 Å². The van der Waals surface area contributed by atoms with Gasteiger partial charge < -0.3 is 24.5 Å². The number of carbonyl (C=O) groups excluding carboxylic acids is 2. The maximum atomic E-state index is 14.6. The van der Waals surface area contributed by atoms with Gasteiger partial charge in [-0.05, 0) is 12.1 Å². The molecule has 8 nitrogen and oxygen atoms in total. The first kappa shape index (κ1) is 24.9. The molecule has 40 heavy (non-hydrogen) atoms. The summed E-state index contributed by atoms with van der Waals surface area (Å²) in [6.45, 7) is -1.42. The third-order valence-corrected chi connectivity index (χ3v) is 7.60. The Labute approximate surface area is 217 Å². The average molecular weight is 563 g/mol. The van der Waals surface area contributed by atoms with Crippen LogP contribution in [-0.2, 0) is 4.74 Å². The van der Waals surface area contributed by atoms with Gasteiger partial charge in [-0.3, -0.25) is 14.9 Å². The largest absolute Gasteiger partial charge is 0.387 e. The molecule has 0 spiro atoms. The lowest BCUT2D eigenvalue weighted by Crippen LogP contribution is -2.54. The van der Waals surface area contributed by atoms with Crippen molar-refractivity contribution in [1.29, 1.82) is 0 Å². The summed E-state index contributed by atoms with van der Waals surface area (Å²) in [4.78, 5) is 28.9. The molecule has 4 heterocycles. The van der Waals surface area contributed by atoms with Crippen LogP contribution < -0.4 is 5.32 Å². The van der Waals surface area contributed by atoms with Crippen molar-refractivity contribution in [2.75, 3.05) is 6.67 Å². The Kier molecular flexibility index (Phi) is 5.09. The van der Waals surface area contributed by atoms with Crippen LogP contribution in [0.3, 0.4) is 0 Å². The van der Waals surface area contributed by atoms with Crippen LogP contribution in [0.1, 0.15) is 26.9 Å². The van der Waals surface area contributed by atoms with Crippen molar-refractivity contribution < 1.29 is 50.9 Å². The molecule has 2 aliphatic heterocycles. The van der Waals surface area contributed by atoms with Gasteiger partial charge >= 0.3 is 0 Å². The van der Waals surface area contributed by atoms with E-state index in [0.717, 1.165) is 22.8 Å². The number of H-pyrrole nitrogens is 1. The van der Waals surface area contributed by atoms with Crippen molar-refractivity contribution in [3.8, 4) is 0 Å². The standard InChI is InChI=1S/C26H15F6N3O5/c27-5-14-19(32)22(36)23(37)26(40-14)35-13-4-11(31)9(29)2-7(13)16-18-17(24(38)34-25(18)39)15-6-1-8(28)10(30)3-12(6)33-20(15)21(16)35/h1-4,14,19,22-23,26,33,36-37H,5H2,(H,34,38,39). The monoisotopic (exact) mass is 563 g/mol. The summed E-state index contributed by atoms with van der Waals surface area (Å²) in [5, 5.41) is 22.9. The zero-order valence-electron chi connectivity index (χ0n) is 19.7. The van der Waals surface area contributed by atoms with Gasteiger partial charge in [0.05, 0.1) is 27.7 Å². The van der Waals surface area contributed by atoms with E-state index in [4.69, 9.17) is 4.74 Å².